The van der Waals surface area contributed by atoms with Crippen molar-refractivity contribution in [1.29, 1.82) is 0 Å². The molecule has 14 heavy (non-hydrogen) atoms. The molecule has 0 heterocycles. The number of rotatable bonds is 8. The molecule has 1 unspecified atom stereocenters. The second-order valence-electron chi connectivity index (χ2n) is 3.43. The minimum absolute atomic E-state index is 0. The Morgan fingerprint density at radius 2 is 1.86 bits per heavy atom. The van der Waals surface area contributed by atoms with Crippen LogP contribution in [0.15, 0.2) is 0 Å². The monoisotopic (exact) mass is 210 g/mol. The fourth-order valence-electron chi connectivity index (χ4n) is 1.28. The van der Waals surface area contributed by atoms with Gasteiger partial charge in [-0.1, -0.05) is 39.0 Å². The Balaban J connectivity index is 0. The van der Waals surface area contributed by atoms with Crippen LogP contribution in [0.3, 0.4) is 0 Å². The summed E-state index contributed by atoms with van der Waals surface area (Å²) >= 11 is 0. The molecule has 0 bridgehead atoms. The second-order valence-corrected chi connectivity index (χ2v) is 3.43. The summed E-state index contributed by atoms with van der Waals surface area (Å²) in [6.45, 7) is 2.14. The second kappa shape index (κ2) is 11.5. The largest absolute Gasteiger partial charge is 1.00 e. The number of hydrogen-bond acceptors (Lipinski definition) is 3. The van der Waals surface area contributed by atoms with Crippen LogP contribution < -0.4 is 34.7 Å². The Hall–Kier alpha value is 0.430. The summed E-state index contributed by atoms with van der Waals surface area (Å²) in [6, 6.07) is 0. The van der Waals surface area contributed by atoms with Crippen molar-refractivity contribution in [1.82, 2.24) is 0 Å². The summed E-state index contributed by atoms with van der Waals surface area (Å²) in [4.78, 5) is 10.1. The number of unbranched alkanes of at least 4 members (excludes halogenated alkanes) is 4. The smallest absolute Gasteiger partial charge is 0.550 e. The molecule has 78 valence electrons. The van der Waals surface area contributed by atoms with Crippen LogP contribution in [0.2, 0.25) is 0 Å². The molecule has 0 amide bonds. The summed E-state index contributed by atoms with van der Waals surface area (Å²) < 4.78 is 0. The molecular weight excluding hydrogens is 191 g/mol. The number of hydrogen-bond donors (Lipinski definition) is 1. The van der Waals surface area contributed by atoms with Crippen molar-refractivity contribution in [2.45, 2.75) is 58.0 Å². The van der Waals surface area contributed by atoms with E-state index < -0.39 is 12.1 Å². The van der Waals surface area contributed by atoms with Gasteiger partial charge in [-0.25, -0.2) is 0 Å². The molecule has 0 aromatic carbocycles. The molecule has 3 nitrogen and oxygen atoms in total. The standard InChI is InChI=1S/C10H20O3.Na/c1-2-3-4-5-6-7-9(11)8-10(12)13;/h9,11H,2-8H2,1H3,(H,12,13);/q;+1/p-1. The predicted molar refractivity (Wildman–Crippen MR) is 49.0 cm³/mol. The molecule has 0 aliphatic heterocycles. The predicted octanol–water partition coefficient (Wildman–Crippen LogP) is -2.15. The van der Waals surface area contributed by atoms with Crippen LogP contribution in [0.4, 0.5) is 0 Å². The van der Waals surface area contributed by atoms with Crippen LogP contribution in [0, 0.1) is 0 Å². The zero-order valence-corrected chi connectivity index (χ0v) is 11.3. The van der Waals surface area contributed by atoms with E-state index in [0.717, 1.165) is 12.8 Å². The molecule has 0 saturated carbocycles. The fraction of sp³-hybridized carbons (Fsp3) is 0.900. The molecule has 1 atom stereocenters. The van der Waals surface area contributed by atoms with Gasteiger partial charge in [-0.05, 0) is 6.42 Å². The van der Waals surface area contributed by atoms with E-state index in [9.17, 15) is 9.90 Å². The maximum absolute atomic E-state index is 10.1. The SMILES string of the molecule is CCCCCCCC(O)CC(=O)[O-].[Na+]. The van der Waals surface area contributed by atoms with Crippen LogP contribution in [0.1, 0.15) is 51.9 Å². The van der Waals surface area contributed by atoms with E-state index in [1.807, 2.05) is 0 Å². The average Bonchev–Trinajstić information content (AvgIpc) is 2.02. The molecule has 0 fully saturated rings. The first-order valence-corrected chi connectivity index (χ1v) is 5.04. The van der Waals surface area contributed by atoms with E-state index >= 15 is 0 Å². The van der Waals surface area contributed by atoms with E-state index in [4.69, 9.17) is 5.11 Å². The first-order valence-electron chi connectivity index (χ1n) is 5.04. The topological polar surface area (TPSA) is 60.4 Å². The van der Waals surface area contributed by atoms with Gasteiger partial charge in [-0.15, -0.1) is 0 Å². The third-order valence-corrected chi connectivity index (χ3v) is 2.04. The quantitative estimate of drug-likeness (QED) is 0.367. The van der Waals surface area contributed by atoms with E-state index in [1.54, 1.807) is 0 Å². The van der Waals surface area contributed by atoms with Gasteiger partial charge >= 0.3 is 29.6 Å². The number of aliphatic carboxylic acids is 1. The molecule has 0 radical (unpaired) electrons. The van der Waals surface area contributed by atoms with Gasteiger partial charge in [0.05, 0.1) is 6.10 Å². The summed E-state index contributed by atoms with van der Waals surface area (Å²) in [6.07, 6.45) is 5.22. The fourth-order valence-corrected chi connectivity index (χ4v) is 1.28. The maximum atomic E-state index is 10.1. The van der Waals surface area contributed by atoms with Gasteiger partial charge in [0, 0.05) is 12.4 Å². The molecular formula is C10H19NaO3. The minimum Gasteiger partial charge on any atom is -0.550 e. The maximum Gasteiger partial charge on any atom is 1.00 e. The molecule has 0 spiro atoms. The number of carbonyl (C=O) groups is 1. The zero-order chi connectivity index (χ0) is 10.1. The first-order chi connectivity index (χ1) is 6.16. The van der Waals surface area contributed by atoms with Crippen LogP contribution >= 0.6 is 0 Å². The van der Waals surface area contributed by atoms with Gasteiger partial charge in [-0.3, -0.25) is 0 Å². The molecule has 4 heteroatoms. The van der Waals surface area contributed by atoms with Gasteiger partial charge < -0.3 is 15.0 Å². The Bertz CT molecular complexity index is 139. The van der Waals surface area contributed by atoms with E-state index in [0.29, 0.717) is 6.42 Å². The molecule has 0 aliphatic rings. The van der Waals surface area contributed by atoms with Crippen LogP contribution in [0.5, 0.6) is 0 Å². The van der Waals surface area contributed by atoms with E-state index in [2.05, 4.69) is 6.92 Å². The van der Waals surface area contributed by atoms with Crippen molar-refractivity contribution in [3.05, 3.63) is 0 Å². The van der Waals surface area contributed by atoms with Gasteiger partial charge in [0.1, 0.15) is 0 Å². The number of aliphatic hydroxyl groups is 1. The van der Waals surface area contributed by atoms with Crippen molar-refractivity contribution in [2.24, 2.45) is 0 Å². The van der Waals surface area contributed by atoms with E-state index in [1.165, 1.54) is 19.3 Å². The molecule has 1 N–H and O–H groups in total. The normalized spacial score (nSPS) is 11.9. The van der Waals surface area contributed by atoms with Gasteiger partial charge in [-0.2, -0.15) is 0 Å². The van der Waals surface area contributed by atoms with Gasteiger partial charge in [0.15, 0.2) is 0 Å². The summed E-state index contributed by atoms with van der Waals surface area (Å²) in [5.74, 6) is -1.17. The van der Waals surface area contributed by atoms with Crippen molar-refractivity contribution in [3.63, 3.8) is 0 Å². The summed E-state index contributed by atoms with van der Waals surface area (Å²) in [5, 5.41) is 19.2. The van der Waals surface area contributed by atoms with Crippen LogP contribution in [-0.4, -0.2) is 17.2 Å². The number of carbonyl (C=O) groups excluding carboxylic acids is 1. The number of aliphatic hydroxyl groups excluding tert-OH is 1. The summed E-state index contributed by atoms with van der Waals surface area (Å²) in [5.41, 5.74) is 0. The number of carboxylic acid groups (broad SMARTS) is 1. The molecule has 0 saturated heterocycles. The third-order valence-electron chi connectivity index (χ3n) is 2.04. The van der Waals surface area contributed by atoms with Crippen molar-refractivity contribution in [2.75, 3.05) is 0 Å². The molecule has 0 aliphatic carbocycles. The third kappa shape index (κ3) is 12.4. The Labute approximate surface area is 108 Å². The van der Waals surface area contributed by atoms with Crippen LogP contribution in [-0.2, 0) is 4.79 Å². The van der Waals surface area contributed by atoms with Crippen molar-refractivity contribution in [3.8, 4) is 0 Å². The van der Waals surface area contributed by atoms with E-state index in [-0.39, 0.29) is 36.0 Å². The number of carboxylic acids is 1. The zero-order valence-electron chi connectivity index (χ0n) is 9.29. The molecule has 0 aromatic heterocycles. The minimum atomic E-state index is -1.17. The first kappa shape index (κ1) is 16.8. The Morgan fingerprint density at radius 3 is 2.36 bits per heavy atom. The Kier molecular flexibility index (Phi) is 13.8. The van der Waals surface area contributed by atoms with Crippen molar-refractivity contribution >= 4 is 5.97 Å². The molecule has 0 rings (SSSR count). The van der Waals surface area contributed by atoms with Crippen LogP contribution in [0.25, 0.3) is 0 Å². The average molecular weight is 210 g/mol. The summed E-state index contributed by atoms with van der Waals surface area (Å²) in [7, 11) is 0. The van der Waals surface area contributed by atoms with Crippen molar-refractivity contribution < 1.29 is 44.6 Å². The van der Waals surface area contributed by atoms with Gasteiger partial charge in [0.25, 0.3) is 0 Å². The molecule has 0 aromatic rings. The Morgan fingerprint density at radius 1 is 1.29 bits per heavy atom. The van der Waals surface area contributed by atoms with Gasteiger partial charge in [0.2, 0.25) is 0 Å².